The monoisotopic (exact) mass is 347 g/mol. The quantitative estimate of drug-likeness (QED) is 0.890. The molecule has 3 rings (SSSR count). The molecule has 0 bridgehead atoms. The Morgan fingerprint density at radius 3 is 2.77 bits per heavy atom. The molecule has 1 N–H and O–H groups in total. The normalized spacial score (nSPS) is 26.1. The molecule has 0 unspecified atom stereocenters. The summed E-state index contributed by atoms with van der Waals surface area (Å²) in [6.07, 6.45) is 2.49. The summed E-state index contributed by atoms with van der Waals surface area (Å²) < 4.78 is 47.1. The van der Waals surface area contributed by atoms with Crippen molar-refractivity contribution in [3.05, 3.63) is 34.6 Å². The van der Waals surface area contributed by atoms with Crippen molar-refractivity contribution in [1.82, 2.24) is 4.72 Å². The fourth-order valence-electron chi connectivity index (χ4n) is 2.89. The van der Waals surface area contributed by atoms with Gasteiger partial charge >= 0.3 is 0 Å². The number of rotatable bonds is 5. The van der Waals surface area contributed by atoms with Gasteiger partial charge in [-0.2, -0.15) is 0 Å². The molecule has 0 spiro atoms. The van der Waals surface area contributed by atoms with Gasteiger partial charge in [0, 0.05) is 29.2 Å². The van der Waals surface area contributed by atoms with Crippen LogP contribution in [-0.4, -0.2) is 32.9 Å². The maximum Gasteiger partial charge on any atom is 0.215 e. The molecular formula is C15H19ClFNO3S. The van der Waals surface area contributed by atoms with E-state index in [9.17, 15) is 12.8 Å². The van der Waals surface area contributed by atoms with Gasteiger partial charge in [0.2, 0.25) is 10.0 Å². The van der Waals surface area contributed by atoms with E-state index in [1.54, 1.807) is 12.1 Å². The highest BCUT2D eigenvalue weighted by Gasteiger charge is 2.39. The minimum atomic E-state index is -3.41. The largest absolute Gasteiger partial charge is 0.381 e. The SMILES string of the molecule is O=S(=O)(NC1CC1)[C@H]1CCOC[C@@H]1Cc1c(F)cccc1Cl. The zero-order chi connectivity index (χ0) is 15.7. The van der Waals surface area contributed by atoms with Crippen LogP contribution in [0.5, 0.6) is 0 Å². The Balaban J connectivity index is 1.80. The van der Waals surface area contributed by atoms with Gasteiger partial charge in [0.1, 0.15) is 5.82 Å². The first-order valence-electron chi connectivity index (χ1n) is 7.49. The van der Waals surface area contributed by atoms with Crippen molar-refractivity contribution < 1.29 is 17.5 Å². The van der Waals surface area contributed by atoms with Crippen LogP contribution < -0.4 is 4.72 Å². The number of halogens is 2. The molecule has 1 saturated heterocycles. The third-order valence-electron chi connectivity index (χ3n) is 4.24. The van der Waals surface area contributed by atoms with E-state index < -0.39 is 21.1 Å². The van der Waals surface area contributed by atoms with Gasteiger partial charge in [-0.25, -0.2) is 17.5 Å². The van der Waals surface area contributed by atoms with E-state index in [4.69, 9.17) is 16.3 Å². The first kappa shape index (κ1) is 16.2. The van der Waals surface area contributed by atoms with Gasteiger partial charge in [-0.15, -0.1) is 0 Å². The van der Waals surface area contributed by atoms with Gasteiger partial charge in [0.15, 0.2) is 0 Å². The fraction of sp³-hybridized carbons (Fsp3) is 0.600. The molecule has 2 atom stereocenters. The molecule has 1 aromatic carbocycles. The fourth-order valence-corrected chi connectivity index (χ4v) is 5.09. The van der Waals surface area contributed by atoms with Crippen LogP contribution in [0.1, 0.15) is 24.8 Å². The van der Waals surface area contributed by atoms with Crippen LogP contribution in [0.2, 0.25) is 5.02 Å². The lowest BCUT2D eigenvalue weighted by Gasteiger charge is -2.31. The predicted octanol–water partition coefficient (Wildman–Crippen LogP) is 2.51. The van der Waals surface area contributed by atoms with Gasteiger partial charge < -0.3 is 4.74 Å². The highest BCUT2D eigenvalue weighted by atomic mass is 35.5. The van der Waals surface area contributed by atoms with E-state index in [-0.39, 0.29) is 18.4 Å². The zero-order valence-electron chi connectivity index (χ0n) is 12.1. The Bertz CT molecular complexity index is 628. The number of sulfonamides is 1. The zero-order valence-corrected chi connectivity index (χ0v) is 13.7. The van der Waals surface area contributed by atoms with Crippen molar-refractivity contribution in [2.45, 2.75) is 37.0 Å². The maximum absolute atomic E-state index is 14.0. The Hall–Kier alpha value is -0.690. The summed E-state index contributed by atoms with van der Waals surface area (Å²) in [6.45, 7) is 0.721. The van der Waals surface area contributed by atoms with Crippen molar-refractivity contribution in [2.75, 3.05) is 13.2 Å². The van der Waals surface area contributed by atoms with Gasteiger partial charge in [-0.1, -0.05) is 17.7 Å². The average Bonchev–Trinajstić information content (AvgIpc) is 3.27. The second kappa shape index (κ2) is 6.43. The number of nitrogens with one attached hydrogen (secondary N) is 1. The van der Waals surface area contributed by atoms with Crippen molar-refractivity contribution >= 4 is 21.6 Å². The lowest BCUT2D eigenvalue weighted by molar-refractivity contribution is 0.0567. The number of hydrogen-bond acceptors (Lipinski definition) is 3. The lowest BCUT2D eigenvalue weighted by Crippen LogP contribution is -2.45. The van der Waals surface area contributed by atoms with E-state index in [1.165, 1.54) is 6.07 Å². The number of benzene rings is 1. The molecular weight excluding hydrogens is 329 g/mol. The molecule has 1 aliphatic heterocycles. The summed E-state index contributed by atoms with van der Waals surface area (Å²) in [5.74, 6) is -0.691. The Labute approximate surface area is 135 Å². The van der Waals surface area contributed by atoms with Gasteiger partial charge in [0.25, 0.3) is 0 Å². The number of hydrogen-bond donors (Lipinski definition) is 1. The summed E-state index contributed by atoms with van der Waals surface area (Å²) in [6, 6.07) is 4.58. The van der Waals surface area contributed by atoms with Crippen LogP contribution >= 0.6 is 11.6 Å². The minimum absolute atomic E-state index is 0.0746. The second-order valence-electron chi connectivity index (χ2n) is 6.00. The summed E-state index contributed by atoms with van der Waals surface area (Å²) in [5.41, 5.74) is 0.367. The molecule has 0 radical (unpaired) electrons. The minimum Gasteiger partial charge on any atom is -0.381 e. The highest BCUT2D eigenvalue weighted by Crippen LogP contribution is 2.30. The Morgan fingerprint density at radius 2 is 2.09 bits per heavy atom. The third kappa shape index (κ3) is 3.62. The topological polar surface area (TPSA) is 55.4 Å². The lowest BCUT2D eigenvalue weighted by atomic mass is 9.93. The summed E-state index contributed by atoms with van der Waals surface area (Å²) in [5, 5.41) is -0.227. The van der Waals surface area contributed by atoms with Crippen molar-refractivity contribution in [3.63, 3.8) is 0 Å². The molecule has 1 heterocycles. The molecule has 1 aliphatic carbocycles. The van der Waals surface area contributed by atoms with Crippen LogP contribution in [0.3, 0.4) is 0 Å². The Morgan fingerprint density at radius 1 is 1.32 bits per heavy atom. The first-order chi connectivity index (χ1) is 10.5. The molecule has 1 saturated carbocycles. The highest BCUT2D eigenvalue weighted by molar-refractivity contribution is 7.90. The standard InChI is InChI=1S/C15H19ClFNO3S/c16-13-2-1-3-14(17)12(13)8-10-9-21-7-6-15(10)22(19,20)18-11-4-5-11/h1-3,10-11,15,18H,4-9H2/t10-,15-/m0/s1. The van der Waals surface area contributed by atoms with E-state index >= 15 is 0 Å². The molecule has 0 amide bonds. The van der Waals surface area contributed by atoms with Crippen LogP contribution in [0, 0.1) is 11.7 Å². The summed E-state index contributed by atoms with van der Waals surface area (Å²) in [4.78, 5) is 0. The molecule has 2 aliphatic rings. The number of ether oxygens (including phenoxy) is 1. The van der Waals surface area contributed by atoms with Crippen molar-refractivity contribution in [3.8, 4) is 0 Å². The van der Waals surface area contributed by atoms with E-state index in [1.807, 2.05) is 0 Å². The van der Waals surface area contributed by atoms with Gasteiger partial charge in [-0.05, 0) is 37.8 Å². The first-order valence-corrected chi connectivity index (χ1v) is 9.41. The van der Waals surface area contributed by atoms with Crippen LogP contribution in [0.15, 0.2) is 18.2 Å². The van der Waals surface area contributed by atoms with Crippen molar-refractivity contribution in [1.29, 1.82) is 0 Å². The predicted molar refractivity (Wildman–Crippen MR) is 82.9 cm³/mol. The summed E-state index contributed by atoms with van der Waals surface area (Å²) in [7, 11) is -3.41. The smallest absolute Gasteiger partial charge is 0.215 e. The molecule has 2 fully saturated rings. The van der Waals surface area contributed by atoms with Crippen LogP contribution in [-0.2, 0) is 21.2 Å². The van der Waals surface area contributed by atoms with Crippen molar-refractivity contribution in [2.24, 2.45) is 5.92 Å². The Kier molecular flexibility index (Phi) is 4.73. The second-order valence-corrected chi connectivity index (χ2v) is 8.34. The molecule has 122 valence electrons. The van der Waals surface area contributed by atoms with Crippen LogP contribution in [0.25, 0.3) is 0 Å². The molecule has 4 nitrogen and oxygen atoms in total. The van der Waals surface area contributed by atoms with Gasteiger partial charge in [0.05, 0.1) is 11.9 Å². The summed E-state index contributed by atoms with van der Waals surface area (Å²) >= 11 is 6.06. The van der Waals surface area contributed by atoms with Crippen LogP contribution in [0.4, 0.5) is 4.39 Å². The van der Waals surface area contributed by atoms with E-state index in [0.29, 0.717) is 30.2 Å². The van der Waals surface area contributed by atoms with E-state index in [0.717, 1.165) is 12.8 Å². The molecule has 0 aromatic heterocycles. The molecule has 22 heavy (non-hydrogen) atoms. The average molecular weight is 348 g/mol. The maximum atomic E-state index is 14.0. The van der Waals surface area contributed by atoms with E-state index in [2.05, 4.69) is 4.72 Å². The van der Waals surface area contributed by atoms with Gasteiger partial charge in [-0.3, -0.25) is 0 Å². The molecule has 1 aromatic rings. The third-order valence-corrected chi connectivity index (χ3v) is 6.67. The molecule has 7 heteroatoms.